The van der Waals surface area contributed by atoms with E-state index in [4.69, 9.17) is 5.73 Å². The normalized spacial score (nSPS) is 16.9. The van der Waals surface area contributed by atoms with Crippen molar-refractivity contribution in [3.8, 4) is 0 Å². The maximum absolute atomic E-state index is 12.1. The van der Waals surface area contributed by atoms with Crippen LogP contribution in [0.15, 0.2) is 24.3 Å². The van der Waals surface area contributed by atoms with Gasteiger partial charge in [-0.3, -0.25) is 4.79 Å². The molecular formula is C17H27N3O. The third-order valence-electron chi connectivity index (χ3n) is 4.30. The quantitative estimate of drug-likeness (QED) is 0.837. The lowest BCUT2D eigenvalue weighted by molar-refractivity contribution is 0.0949. The molecule has 0 saturated carbocycles. The molecule has 2 rings (SSSR count). The van der Waals surface area contributed by atoms with Gasteiger partial charge in [-0.25, -0.2) is 0 Å². The smallest absolute Gasteiger partial charge is 0.251 e. The number of hydrogen-bond donors (Lipinski definition) is 2. The molecule has 1 heterocycles. The van der Waals surface area contributed by atoms with E-state index in [1.807, 2.05) is 24.3 Å². The number of rotatable bonds is 6. The zero-order valence-corrected chi connectivity index (χ0v) is 13.0. The minimum absolute atomic E-state index is 0.0294. The molecule has 4 nitrogen and oxygen atoms in total. The molecule has 4 heteroatoms. The van der Waals surface area contributed by atoms with E-state index < -0.39 is 0 Å². The average Bonchev–Trinajstić information content (AvgIpc) is 2.50. The van der Waals surface area contributed by atoms with E-state index in [-0.39, 0.29) is 5.91 Å². The standard InChI is InChI=1S/C17H27N3O/c1-20-11-7-14(8-12-20)6-10-19-17(21)16-4-2-3-15(13-16)5-9-18/h2-4,13-14H,5-12,18H2,1H3,(H,19,21). The highest BCUT2D eigenvalue weighted by molar-refractivity contribution is 5.94. The van der Waals surface area contributed by atoms with Crippen molar-refractivity contribution in [1.29, 1.82) is 0 Å². The highest BCUT2D eigenvalue weighted by Crippen LogP contribution is 2.18. The summed E-state index contributed by atoms with van der Waals surface area (Å²) in [5, 5.41) is 3.04. The van der Waals surface area contributed by atoms with Crippen LogP contribution < -0.4 is 11.1 Å². The van der Waals surface area contributed by atoms with Gasteiger partial charge in [-0.2, -0.15) is 0 Å². The number of nitrogens with two attached hydrogens (primary N) is 1. The van der Waals surface area contributed by atoms with Crippen LogP contribution >= 0.6 is 0 Å². The van der Waals surface area contributed by atoms with E-state index in [0.29, 0.717) is 6.54 Å². The lowest BCUT2D eigenvalue weighted by Gasteiger charge is -2.28. The monoisotopic (exact) mass is 289 g/mol. The lowest BCUT2D eigenvalue weighted by atomic mass is 9.94. The van der Waals surface area contributed by atoms with Gasteiger partial charge in [0.15, 0.2) is 0 Å². The predicted octanol–water partition coefficient (Wildman–Crippen LogP) is 1.65. The molecule has 1 amide bonds. The van der Waals surface area contributed by atoms with Gasteiger partial charge in [-0.05, 0) is 76.0 Å². The van der Waals surface area contributed by atoms with Gasteiger partial charge in [-0.15, -0.1) is 0 Å². The molecule has 1 fully saturated rings. The molecule has 0 bridgehead atoms. The Morgan fingerprint density at radius 2 is 2.14 bits per heavy atom. The van der Waals surface area contributed by atoms with Gasteiger partial charge in [0.2, 0.25) is 0 Å². The highest BCUT2D eigenvalue weighted by atomic mass is 16.1. The van der Waals surface area contributed by atoms with Gasteiger partial charge in [0.1, 0.15) is 0 Å². The van der Waals surface area contributed by atoms with Crippen LogP contribution in [0.5, 0.6) is 0 Å². The maximum Gasteiger partial charge on any atom is 0.251 e. The summed E-state index contributed by atoms with van der Waals surface area (Å²) in [5.41, 5.74) is 7.42. The Bertz CT molecular complexity index is 453. The number of piperidine rings is 1. The second-order valence-corrected chi connectivity index (χ2v) is 6.03. The fraction of sp³-hybridized carbons (Fsp3) is 0.588. The molecule has 0 atom stereocenters. The van der Waals surface area contributed by atoms with Gasteiger partial charge in [0, 0.05) is 12.1 Å². The molecule has 1 aliphatic rings. The Morgan fingerprint density at radius 3 is 2.86 bits per heavy atom. The van der Waals surface area contributed by atoms with Crippen LogP contribution in [-0.4, -0.2) is 44.0 Å². The third-order valence-corrected chi connectivity index (χ3v) is 4.30. The van der Waals surface area contributed by atoms with Crippen LogP contribution in [0.2, 0.25) is 0 Å². The van der Waals surface area contributed by atoms with E-state index in [2.05, 4.69) is 17.3 Å². The molecule has 0 aliphatic carbocycles. The molecule has 21 heavy (non-hydrogen) atoms. The largest absolute Gasteiger partial charge is 0.352 e. The van der Waals surface area contributed by atoms with Gasteiger partial charge in [-0.1, -0.05) is 12.1 Å². The Balaban J connectivity index is 1.75. The van der Waals surface area contributed by atoms with Crippen LogP contribution in [0.3, 0.4) is 0 Å². The number of likely N-dealkylation sites (tertiary alicyclic amines) is 1. The number of nitrogens with zero attached hydrogens (tertiary/aromatic N) is 1. The van der Waals surface area contributed by atoms with Gasteiger partial charge >= 0.3 is 0 Å². The molecule has 116 valence electrons. The van der Waals surface area contributed by atoms with Crippen LogP contribution in [0.25, 0.3) is 0 Å². The zero-order chi connectivity index (χ0) is 15.1. The lowest BCUT2D eigenvalue weighted by Crippen LogP contribution is -2.32. The zero-order valence-electron chi connectivity index (χ0n) is 13.0. The molecule has 1 aromatic rings. The molecule has 3 N–H and O–H groups in total. The number of benzene rings is 1. The van der Waals surface area contributed by atoms with Crippen molar-refractivity contribution < 1.29 is 4.79 Å². The highest BCUT2D eigenvalue weighted by Gasteiger charge is 2.16. The summed E-state index contributed by atoms with van der Waals surface area (Å²) in [6, 6.07) is 7.75. The number of nitrogens with one attached hydrogen (secondary N) is 1. The van der Waals surface area contributed by atoms with Crippen molar-refractivity contribution in [2.45, 2.75) is 25.7 Å². The molecule has 0 spiro atoms. The Kier molecular flexibility index (Phi) is 6.21. The third kappa shape index (κ3) is 5.14. The Labute approximate surface area is 127 Å². The van der Waals surface area contributed by atoms with Crippen LogP contribution in [-0.2, 0) is 6.42 Å². The number of carbonyl (C=O) groups excluding carboxylic acids is 1. The van der Waals surface area contributed by atoms with Crippen molar-refractivity contribution in [3.05, 3.63) is 35.4 Å². The first-order valence-corrected chi connectivity index (χ1v) is 7.95. The van der Waals surface area contributed by atoms with E-state index >= 15 is 0 Å². The molecule has 0 unspecified atom stereocenters. The second kappa shape index (κ2) is 8.15. The molecule has 0 aromatic heterocycles. The van der Waals surface area contributed by atoms with Crippen molar-refractivity contribution >= 4 is 5.91 Å². The molecule has 1 saturated heterocycles. The summed E-state index contributed by atoms with van der Waals surface area (Å²) in [5.74, 6) is 0.784. The fourth-order valence-electron chi connectivity index (χ4n) is 2.88. The topological polar surface area (TPSA) is 58.4 Å². The van der Waals surface area contributed by atoms with Crippen LogP contribution in [0.1, 0.15) is 35.2 Å². The number of hydrogen-bond acceptors (Lipinski definition) is 3. The van der Waals surface area contributed by atoms with Crippen LogP contribution in [0.4, 0.5) is 0 Å². The van der Waals surface area contributed by atoms with E-state index in [0.717, 1.165) is 36.4 Å². The molecule has 1 aliphatic heterocycles. The first-order valence-electron chi connectivity index (χ1n) is 7.95. The molecular weight excluding hydrogens is 262 g/mol. The van der Waals surface area contributed by atoms with E-state index in [1.54, 1.807) is 0 Å². The fourth-order valence-corrected chi connectivity index (χ4v) is 2.88. The predicted molar refractivity (Wildman–Crippen MR) is 86.4 cm³/mol. The van der Waals surface area contributed by atoms with Gasteiger partial charge < -0.3 is 16.0 Å². The van der Waals surface area contributed by atoms with E-state index in [1.165, 1.54) is 25.9 Å². The van der Waals surface area contributed by atoms with Crippen molar-refractivity contribution in [1.82, 2.24) is 10.2 Å². The summed E-state index contributed by atoms with van der Waals surface area (Å²) in [6.45, 7) is 3.75. The Morgan fingerprint density at radius 1 is 1.38 bits per heavy atom. The minimum Gasteiger partial charge on any atom is -0.352 e. The van der Waals surface area contributed by atoms with E-state index in [9.17, 15) is 4.79 Å². The van der Waals surface area contributed by atoms with Gasteiger partial charge in [0.05, 0.1) is 0 Å². The SMILES string of the molecule is CN1CCC(CCNC(=O)c2cccc(CCN)c2)CC1. The maximum atomic E-state index is 12.1. The summed E-state index contributed by atoms with van der Waals surface area (Å²) in [7, 11) is 2.17. The van der Waals surface area contributed by atoms with Crippen molar-refractivity contribution in [2.24, 2.45) is 11.7 Å². The number of amides is 1. The van der Waals surface area contributed by atoms with Crippen molar-refractivity contribution in [3.63, 3.8) is 0 Å². The molecule has 0 radical (unpaired) electrons. The molecule has 1 aromatic carbocycles. The first kappa shape index (κ1) is 16.0. The van der Waals surface area contributed by atoms with Gasteiger partial charge in [0.25, 0.3) is 5.91 Å². The summed E-state index contributed by atoms with van der Waals surface area (Å²) in [6.07, 6.45) is 4.40. The summed E-state index contributed by atoms with van der Waals surface area (Å²) >= 11 is 0. The first-order chi connectivity index (χ1) is 10.2. The van der Waals surface area contributed by atoms with Crippen molar-refractivity contribution in [2.75, 3.05) is 33.2 Å². The summed E-state index contributed by atoms with van der Waals surface area (Å²) < 4.78 is 0. The second-order valence-electron chi connectivity index (χ2n) is 6.03. The average molecular weight is 289 g/mol. The Hall–Kier alpha value is -1.39. The minimum atomic E-state index is 0.0294. The number of carbonyl (C=O) groups is 1. The van der Waals surface area contributed by atoms with Crippen LogP contribution in [0, 0.1) is 5.92 Å². The summed E-state index contributed by atoms with van der Waals surface area (Å²) in [4.78, 5) is 14.5.